The number of rotatable bonds is 8. The molecule has 1 heterocycles. The summed E-state index contributed by atoms with van der Waals surface area (Å²) in [6, 6.07) is 7.54. The van der Waals surface area contributed by atoms with Crippen LogP contribution in [0, 0.1) is 0 Å². The minimum Gasteiger partial charge on any atom is -0.497 e. The van der Waals surface area contributed by atoms with Gasteiger partial charge in [-0.15, -0.1) is 0 Å². The molecule has 25 heavy (non-hydrogen) atoms. The first-order valence-corrected chi connectivity index (χ1v) is 8.68. The first-order chi connectivity index (χ1) is 11.9. The molecular formula is C19H28O6. The van der Waals surface area contributed by atoms with Crippen molar-refractivity contribution in [2.75, 3.05) is 20.3 Å². The van der Waals surface area contributed by atoms with E-state index in [0.29, 0.717) is 19.6 Å². The van der Waals surface area contributed by atoms with Crippen LogP contribution in [-0.2, 0) is 23.7 Å². The van der Waals surface area contributed by atoms with Crippen LogP contribution in [0.3, 0.4) is 0 Å². The largest absolute Gasteiger partial charge is 0.497 e. The molecule has 1 saturated heterocycles. The maximum absolute atomic E-state index is 12.1. The molecule has 0 aliphatic carbocycles. The fourth-order valence-corrected chi connectivity index (χ4v) is 2.77. The Morgan fingerprint density at radius 1 is 1.28 bits per heavy atom. The summed E-state index contributed by atoms with van der Waals surface area (Å²) in [4.78, 5) is 12.1. The monoisotopic (exact) mass is 352 g/mol. The Morgan fingerprint density at radius 2 is 1.96 bits per heavy atom. The van der Waals surface area contributed by atoms with E-state index in [2.05, 4.69) is 0 Å². The zero-order chi connectivity index (χ0) is 18.4. The smallest absolute Gasteiger partial charge is 0.335 e. The van der Waals surface area contributed by atoms with Crippen LogP contribution >= 0.6 is 0 Å². The molecule has 140 valence electrons. The number of hydrogen-bond donors (Lipinski definition) is 0. The number of carbonyl (C=O) groups excluding carboxylic acids is 1. The Bertz CT molecular complexity index is 554. The van der Waals surface area contributed by atoms with E-state index in [4.69, 9.17) is 23.7 Å². The average Bonchev–Trinajstić information content (AvgIpc) is 2.96. The Kier molecular flexibility index (Phi) is 6.81. The second-order valence-corrected chi connectivity index (χ2v) is 6.35. The number of esters is 1. The second kappa shape index (κ2) is 8.65. The SMILES string of the molecule is CCOC(=O)[C@@H](CC)O[C@H](c1ccc(OC)cc1)[C@H]1COC(C)(C)O1. The van der Waals surface area contributed by atoms with Crippen LogP contribution in [0.25, 0.3) is 0 Å². The highest BCUT2D eigenvalue weighted by atomic mass is 16.7. The predicted octanol–water partition coefficient (Wildman–Crippen LogP) is 3.25. The van der Waals surface area contributed by atoms with Crippen LogP contribution in [0.5, 0.6) is 5.75 Å². The summed E-state index contributed by atoms with van der Waals surface area (Å²) in [5, 5.41) is 0. The minimum atomic E-state index is -0.676. The van der Waals surface area contributed by atoms with Gasteiger partial charge in [0.15, 0.2) is 11.9 Å². The van der Waals surface area contributed by atoms with Gasteiger partial charge >= 0.3 is 5.97 Å². The van der Waals surface area contributed by atoms with E-state index in [1.807, 2.05) is 45.0 Å². The third-order valence-electron chi connectivity index (χ3n) is 4.04. The maximum atomic E-state index is 12.1. The zero-order valence-corrected chi connectivity index (χ0v) is 15.6. The first kappa shape index (κ1) is 19.7. The highest BCUT2D eigenvalue weighted by molar-refractivity contribution is 5.74. The topological polar surface area (TPSA) is 63.2 Å². The van der Waals surface area contributed by atoms with Crippen molar-refractivity contribution in [2.45, 2.75) is 58.2 Å². The molecule has 1 aliphatic heterocycles. The van der Waals surface area contributed by atoms with Crippen molar-refractivity contribution < 1.29 is 28.5 Å². The molecule has 2 rings (SSSR count). The fraction of sp³-hybridized carbons (Fsp3) is 0.632. The lowest BCUT2D eigenvalue weighted by molar-refractivity contribution is -0.178. The summed E-state index contributed by atoms with van der Waals surface area (Å²) in [6.45, 7) is 8.11. The van der Waals surface area contributed by atoms with Crippen molar-refractivity contribution >= 4 is 5.97 Å². The van der Waals surface area contributed by atoms with Gasteiger partial charge < -0.3 is 23.7 Å². The number of methoxy groups -OCH3 is 1. The minimum absolute atomic E-state index is 0.313. The van der Waals surface area contributed by atoms with Crippen molar-refractivity contribution in [3.8, 4) is 5.75 Å². The molecule has 0 saturated carbocycles. The molecule has 0 aromatic heterocycles. The third kappa shape index (κ3) is 5.17. The fourth-order valence-electron chi connectivity index (χ4n) is 2.77. The summed E-state index contributed by atoms with van der Waals surface area (Å²) >= 11 is 0. The Morgan fingerprint density at radius 3 is 2.44 bits per heavy atom. The van der Waals surface area contributed by atoms with Gasteiger partial charge in [-0.3, -0.25) is 0 Å². The van der Waals surface area contributed by atoms with Gasteiger partial charge in [0, 0.05) is 0 Å². The highest BCUT2D eigenvalue weighted by Gasteiger charge is 2.40. The molecule has 6 nitrogen and oxygen atoms in total. The van der Waals surface area contributed by atoms with E-state index >= 15 is 0 Å². The van der Waals surface area contributed by atoms with E-state index in [-0.39, 0.29) is 12.1 Å². The molecule has 1 aromatic rings. The van der Waals surface area contributed by atoms with Gasteiger partial charge in [-0.1, -0.05) is 19.1 Å². The second-order valence-electron chi connectivity index (χ2n) is 6.35. The third-order valence-corrected chi connectivity index (χ3v) is 4.04. The van der Waals surface area contributed by atoms with Crippen LogP contribution < -0.4 is 4.74 Å². The van der Waals surface area contributed by atoms with E-state index in [9.17, 15) is 4.79 Å². The van der Waals surface area contributed by atoms with Crippen molar-refractivity contribution in [3.63, 3.8) is 0 Å². The molecule has 1 aromatic carbocycles. The quantitative estimate of drug-likeness (QED) is 0.669. The molecule has 1 aliphatic rings. The number of ether oxygens (including phenoxy) is 5. The molecule has 0 N–H and O–H groups in total. The molecule has 0 spiro atoms. The molecule has 0 unspecified atom stereocenters. The number of hydrogen-bond acceptors (Lipinski definition) is 6. The van der Waals surface area contributed by atoms with Gasteiger partial charge in [0.2, 0.25) is 0 Å². The Hall–Kier alpha value is -1.63. The van der Waals surface area contributed by atoms with Crippen LogP contribution in [-0.4, -0.2) is 44.3 Å². The summed E-state index contributed by atoms with van der Waals surface area (Å²) in [5.41, 5.74) is 0.898. The predicted molar refractivity (Wildman–Crippen MR) is 92.4 cm³/mol. The van der Waals surface area contributed by atoms with Crippen LogP contribution in [0.2, 0.25) is 0 Å². The van der Waals surface area contributed by atoms with Crippen molar-refractivity contribution in [1.82, 2.24) is 0 Å². The molecule has 0 radical (unpaired) electrons. The van der Waals surface area contributed by atoms with Gasteiger partial charge in [-0.05, 0) is 44.9 Å². The first-order valence-electron chi connectivity index (χ1n) is 8.68. The maximum Gasteiger partial charge on any atom is 0.335 e. The van der Waals surface area contributed by atoms with E-state index in [1.54, 1.807) is 14.0 Å². The van der Waals surface area contributed by atoms with Gasteiger partial charge in [-0.2, -0.15) is 0 Å². The molecule has 1 fully saturated rings. The van der Waals surface area contributed by atoms with E-state index in [0.717, 1.165) is 11.3 Å². The van der Waals surface area contributed by atoms with Crippen molar-refractivity contribution in [3.05, 3.63) is 29.8 Å². The van der Waals surface area contributed by atoms with Gasteiger partial charge in [-0.25, -0.2) is 4.79 Å². The van der Waals surface area contributed by atoms with E-state index in [1.165, 1.54) is 0 Å². The van der Waals surface area contributed by atoms with Gasteiger partial charge in [0.05, 0.1) is 20.3 Å². The summed E-state index contributed by atoms with van der Waals surface area (Å²) in [7, 11) is 1.62. The molecule has 3 atom stereocenters. The lowest BCUT2D eigenvalue weighted by atomic mass is 10.0. The summed E-state index contributed by atoms with van der Waals surface area (Å²) in [5.74, 6) is -0.282. The van der Waals surface area contributed by atoms with Crippen LogP contribution in [0.4, 0.5) is 0 Å². The Balaban J connectivity index is 2.23. The lowest BCUT2D eigenvalue weighted by Crippen LogP contribution is -2.34. The van der Waals surface area contributed by atoms with Crippen molar-refractivity contribution in [2.24, 2.45) is 0 Å². The van der Waals surface area contributed by atoms with E-state index < -0.39 is 18.0 Å². The molecule has 6 heteroatoms. The summed E-state index contributed by atoms with van der Waals surface area (Å²) < 4.78 is 28.1. The normalized spacial score (nSPS) is 21.6. The standard InChI is InChI=1S/C19H28O6/c1-6-15(18(20)22-7-2)24-17(16-12-23-19(3,4)25-16)13-8-10-14(21-5)11-9-13/h8-11,15-17H,6-7,12H2,1-5H3/t15-,16-,17-/m1/s1. The van der Waals surface area contributed by atoms with Crippen LogP contribution in [0.1, 0.15) is 45.8 Å². The average molecular weight is 352 g/mol. The Labute approximate surface area is 149 Å². The molecule has 0 bridgehead atoms. The zero-order valence-electron chi connectivity index (χ0n) is 15.6. The molecular weight excluding hydrogens is 324 g/mol. The number of carbonyl (C=O) groups is 1. The number of benzene rings is 1. The van der Waals surface area contributed by atoms with Gasteiger partial charge in [0.1, 0.15) is 18.0 Å². The molecule has 0 amide bonds. The highest BCUT2D eigenvalue weighted by Crippen LogP contribution is 2.35. The van der Waals surface area contributed by atoms with Gasteiger partial charge in [0.25, 0.3) is 0 Å². The summed E-state index contributed by atoms with van der Waals surface area (Å²) in [6.07, 6.45) is -0.893. The lowest BCUT2D eigenvalue weighted by Gasteiger charge is -2.28. The van der Waals surface area contributed by atoms with Crippen molar-refractivity contribution in [1.29, 1.82) is 0 Å². The van der Waals surface area contributed by atoms with Crippen LogP contribution in [0.15, 0.2) is 24.3 Å².